The van der Waals surface area contributed by atoms with Gasteiger partial charge in [-0.3, -0.25) is 4.79 Å². The number of nitrogens with zero attached hydrogens (tertiary/aromatic N) is 1. The number of carbonyl (C=O) groups is 1. The summed E-state index contributed by atoms with van der Waals surface area (Å²) in [5.74, 6) is 0.0688. The number of anilines is 1. The summed E-state index contributed by atoms with van der Waals surface area (Å²) in [4.78, 5) is 15.5. The van der Waals surface area contributed by atoms with Crippen LogP contribution < -0.4 is 15.5 Å². The lowest BCUT2D eigenvalue weighted by Gasteiger charge is -2.31. The first-order chi connectivity index (χ1) is 17.6. The van der Waals surface area contributed by atoms with Gasteiger partial charge in [-0.05, 0) is 29.8 Å². The van der Waals surface area contributed by atoms with Gasteiger partial charge in [0.05, 0.1) is 12.5 Å². The summed E-state index contributed by atoms with van der Waals surface area (Å²) >= 11 is 0. The lowest BCUT2D eigenvalue weighted by molar-refractivity contribution is 0.101. The highest BCUT2D eigenvalue weighted by Crippen LogP contribution is 2.45. The van der Waals surface area contributed by atoms with E-state index in [1.54, 1.807) is 18.2 Å². The molecule has 0 spiro atoms. The van der Waals surface area contributed by atoms with Gasteiger partial charge in [-0.2, -0.15) is 0 Å². The summed E-state index contributed by atoms with van der Waals surface area (Å²) in [5.41, 5.74) is 2.29. The monoisotopic (exact) mass is 491 g/mol. The van der Waals surface area contributed by atoms with Gasteiger partial charge < -0.3 is 13.9 Å². The van der Waals surface area contributed by atoms with E-state index in [2.05, 4.69) is 4.90 Å². The second kappa shape index (κ2) is 10.6. The third-order valence-corrected chi connectivity index (χ3v) is 9.17. The average Bonchev–Trinajstić information content (AvgIpc) is 3.49. The van der Waals surface area contributed by atoms with Crippen LogP contribution in [-0.4, -0.2) is 12.1 Å². The lowest BCUT2D eigenvalue weighted by Crippen LogP contribution is -2.31. The quantitative estimate of drug-likeness (QED) is 0.175. The van der Waals surface area contributed by atoms with E-state index in [-0.39, 0.29) is 17.8 Å². The Morgan fingerprint density at radius 2 is 1.22 bits per heavy atom. The number of para-hydroxylation sites is 1. The fourth-order valence-electron chi connectivity index (χ4n) is 4.39. The minimum atomic E-state index is -3.10. The Labute approximate surface area is 211 Å². The first-order valence-electron chi connectivity index (χ1n) is 11.8. The summed E-state index contributed by atoms with van der Waals surface area (Å²) in [5, 5.41) is 1.56. The molecule has 0 aliphatic heterocycles. The van der Waals surface area contributed by atoms with Gasteiger partial charge in [0.1, 0.15) is 0 Å². The Morgan fingerprint density at radius 1 is 0.667 bits per heavy atom. The molecule has 0 saturated carbocycles. The van der Waals surface area contributed by atoms with E-state index in [4.69, 9.17) is 4.42 Å². The van der Waals surface area contributed by atoms with Crippen LogP contribution in [0.15, 0.2) is 138 Å². The van der Waals surface area contributed by atoms with Crippen LogP contribution in [0.3, 0.4) is 0 Å². The van der Waals surface area contributed by atoms with E-state index < -0.39 is 7.14 Å². The van der Waals surface area contributed by atoms with Crippen molar-refractivity contribution in [3.05, 3.63) is 151 Å². The van der Waals surface area contributed by atoms with Crippen LogP contribution in [0.2, 0.25) is 0 Å². The van der Waals surface area contributed by atoms with Crippen molar-refractivity contribution in [3.63, 3.8) is 0 Å². The van der Waals surface area contributed by atoms with Gasteiger partial charge in [0.15, 0.2) is 12.9 Å². The number of furan rings is 1. The van der Waals surface area contributed by atoms with E-state index in [1.165, 1.54) is 6.26 Å². The Morgan fingerprint density at radius 3 is 1.81 bits per heavy atom. The highest BCUT2D eigenvalue weighted by molar-refractivity contribution is 7.78. The zero-order chi connectivity index (χ0) is 24.8. The second-order valence-corrected chi connectivity index (χ2v) is 11.4. The van der Waals surface area contributed by atoms with Gasteiger partial charge in [-0.25, -0.2) is 0 Å². The Bertz CT molecular complexity index is 1420. The van der Waals surface area contributed by atoms with Gasteiger partial charge in [0.25, 0.3) is 0 Å². The maximum absolute atomic E-state index is 15.0. The third kappa shape index (κ3) is 4.95. The Hall–Kier alpha value is -4.14. The summed E-state index contributed by atoms with van der Waals surface area (Å²) in [6, 6.07) is 40.1. The molecule has 0 aliphatic rings. The normalized spacial score (nSPS) is 11.2. The molecule has 5 aromatic rings. The van der Waals surface area contributed by atoms with Gasteiger partial charge in [-0.1, -0.05) is 103 Å². The van der Waals surface area contributed by atoms with Crippen molar-refractivity contribution in [2.45, 2.75) is 6.54 Å². The number of benzene rings is 4. The molecule has 0 saturated heterocycles. The SMILES string of the molecule is O=C(c1ccco1)c1ccccc1N(Cc1ccccc1)CP(=O)(c1ccccc1)c1ccccc1. The summed E-state index contributed by atoms with van der Waals surface area (Å²) in [7, 11) is -3.10. The van der Waals surface area contributed by atoms with Crippen LogP contribution in [0, 0.1) is 0 Å². The first-order valence-corrected chi connectivity index (χ1v) is 13.7. The molecule has 0 aliphatic carbocycles. The van der Waals surface area contributed by atoms with Crippen LogP contribution in [0.1, 0.15) is 21.7 Å². The molecular weight excluding hydrogens is 465 g/mol. The number of ketones is 1. The Balaban J connectivity index is 1.64. The molecule has 4 aromatic carbocycles. The maximum Gasteiger partial charge on any atom is 0.230 e. The average molecular weight is 492 g/mol. The minimum Gasteiger partial charge on any atom is -0.461 e. The maximum atomic E-state index is 15.0. The highest BCUT2D eigenvalue weighted by Gasteiger charge is 2.31. The molecular formula is C31H26NO3P. The van der Waals surface area contributed by atoms with Crippen molar-refractivity contribution >= 4 is 29.2 Å². The van der Waals surface area contributed by atoms with E-state index >= 15 is 0 Å². The molecule has 0 N–H and O–H groups in total. The molecule has 5 heteroatoms. The standard InChI is InChI=1S/C31H26NO3P/c33-31(30-21-12-22-35-30)28-19-10-11-20-29(28)32(23-25-13-4-1-5-14-25)24-36(34,26-15-6-2-7-16-26)27-17-8-3-9-18-27/h1-22H,23-24H2. The number of carbonyl (C=O) groups excluding carboxylic acids is 1. The largest absolute Gasteiger partial charge is 0.461 e. The summed E-state index contributed by atoms with van der Waals surface area (Å²) in [6.45, 7) is 0.493. The van der Waals surface area contributed by atoms with Gasteiger partial charge in [0.2, 0.25) is 5.78 Å². The van der Waals surface area contributed by atoms with E-state index in [0.29, 0.717) is 12.1 Å². The Kier molecular flexibility index (Phi) is 6.97. The molecule has 1 aromatic heterocycles. The predicted octanol–water partition coefficient (Wildman–Crippen LogP) is 6.49. The zero-order valence-electron chi connectivity index (χ0n) is 19.7. The van der Waals surface area contributed by atoms with Crippen LogP contribution in [0.5, 0.6) is 0 Å². The van der Waals surface area contributed by atoms with Gasteiger partial charge >= 0.3 is 0 Å². The number of rotatable bonds is 9. The first kappa shape index (κ1) is 23.6. The smallest absolute Gasteiger partial charge is 0.230 e. The lowest BCUT2D eigenvalue weighted by atomic mass is 10.1. The molecule has 4 nitrogen and oxygen atoms in total. The molecule has 0 fully saturated rings. The van der Waals surface area contributed by atoms with Crippen LogP contribution in [0.25, 0.3) is 0 Å². The molecule has 36 heavy (non-hydrogen) atoms. The number of hydrogen-bond acceptors (Lipinski definition) is 4. The molecule has 0 bridgehead atoms. The summed E-state index contributed by atoms with van der Waals surface area (Å²) in [6.07, 6.45) is 1.73. The van der Waals surface area contributed by atoms with Crippen molar-refractivity contribution < 1.29 is 13.8 Å². The van der Waals surface area contributed by atoms with Gasteiger partial charge in [0, 0.05) is 28.4 Å². The fourth-order valence-corrected chi connectivity index (χ4v) is 7.05. The summed E-state index contributed by atoms with van der Waals surface area (Å²) < 4.78 is 20.4. The van der Waals surface area contributed by atoms with Crippen molar-refractivity contribution in [2.24, 2.45) is 0 Å². The zero-order valence-corrected chi connectivity index (χ0v) is 20.6. The van der Waals surface area contributed by atoms with Crippen molar-refractivity contribution in [2.75, 3.05) is 11.2 Å². The van der Waals surface area contributed by atoms with E-state index in [1.807, 2.05) is 109 Å². The molecule has 0 atom stereocenters. The van der Waals surface area contributed by atoms with Crippen LogP contribution >= 0.6 is 7.14 Å². The van der Waals surface area contributed by atoms with Crippen molar-refractivity contribution in [1.82, 2.24) is 0 Å². The molecule has 5 rings (SSSR count). The van der Waals surface area contributed by atoms with Gasteiger partial charge in [-0.15, -0.1) is 0 Å². The van der Waals surface area contributed by atoms with E-state index in [9.17, 15) is 9.36 Å². The van der Waals surface area contributed by atoms with Crippen LogP contribution in [-0.2, 0) is 11.1 Å². The molecule has 0 amide bonds. The van der Waals surface area contributed by atoms with E-state index in [0.717, 1.165) is 21.9 Å². The molecule has 0 radical (unpaired) electrons. The molecule has 0 unspecified atom stereocenters. The minimum absolute atomic E-state index is 0.206. The van der Waals surface area contributed by atoms with Crippen LogP contribution in [0.4, 0.5) is 5.69 Å². The molecule has 178 valence electrons. The number of hydrogen-bond donors (Lipinski definition) is 0. The topological polar surface area (TPSA) is 50.5 Å². The highest BCUT2D eigenvalue weighted by atomic mass is 31.2. The van der Waals surface area contributed by atoms with Crippen molar-refractivity contribution in [3.8, 4) is 0 Å². The fraction of sp³-hybridized carbons (Fsp3) is 0.0645. The third-order valence-electron chi connectivity index (χ3n) is 6.17. The molecule has 1 heterocycles. The second-order valence-electron chi connectivity index (χ2n) is 8.56. The predicted molar refractivity (Wildman–Crippen MR) is 146 cm³/mol. The van der Waals surface area contributed by atoms with Crippen molar-refractivity contribution in [1.29, 1.82) is 0 Å².